The van der Waals surface area contributed by atoms with Gasteiger partial charge >= 0.3 is 0 Å². The van der Waals surface area contributed by atoms with Gasteiger partial charge in [0, 0.05) is 44.6 Å². The Morgan fingerprint density at radius 2 is 1.70 bits per heavy atom. The second kappa shape index (κ2) is 8.44. The molecule has 9 heteroatoms. The van der Waals surface area contributed by atoms with Crippen molar-refractivity contribution >= 4 is 29.2 Å². The standard InChI is InChI=1S/C24H28N6O2S/c1-16-13-20-26-14-19(17(2)30(20)27-16)23(32)29-12-8-24(15-29)6-10-28(11-7-24)22(31)18-5-4-9-25-21(18)33-3/h4-5,9,13-14H,6-8,10-12,15H2,1-3H3. The van der Waals surface area contributed by atoms with Crippen molar-refractivity contribution in [2.45, 2.75) is 38.1 Å². The number of rotatable bonds is 3. The predicted octanol–water partition coefficient (Wildman–Crippen LogP) is 3.23. The number of hydrogen-bond acceptors (Lipinski definition) is 6. The SMILES string of the molecule is CSc1ncccc1C(=O)N1CCC2(CC1)CCN(C(=O)c1cnc3cc(C)nn3c1C)C2. The number of fused-ring (bicyclic) bond motifs is 1. The van der Waals surface area contributed by atoms with Gasteiger partial charge in [-0.2, -0.15) is 5.10 Å². The number of thioether (sulfide) groups is 1. The first-order valence-corrected chi connectivity index (χ1v) is 12.5. The molecule has 0 atom stereocenters. The molecule has 3 aromatic rings. The second-order valence-electron chi connectivity index (χ2n) is 9.14. The lowest BCUT2D eigenvalue weighted by Crippen LogP contribution is -2.45. The van der Waals surface area contributed by atoms with Gasteiger partial charge in [0.2, 0.25) is 0 Å². The smallest absolute Gasteiger partial charge is 0.257 e. The van der Waals surface area contributed by atoms with Gasteiger partial charge in [-0.25, -0.2) is 14.5 Å². The van der Waals surface area contributed by atoms with E-state index in [0.717, 1.165) is 54.4 Å². The molecule has 0 unspecified atom stereocenters. The van der Waals surface area contributed by atoms with E-state index in [-0.39, 0.29) is 17.2 Å². The third kappa shape index (κ3) is 3.88. The Morgan fingerprint density at radius 3 is 2.42 bits per heavy atom. The number of hydrogen-bond donors (Lipinski definition) is 0. The van der Waals surface area contributed by atoms with E-state index in [0.29, 0.717) is 24.2 Å². The normalized spacial score (nSPS) is 17.8. The Labute approximate surface area is 197 Å². The molecular formula is C24H28N6O2S. The van der Waals surface area contributed by atoms with Gasteiger partial charge in [0.25, 0.3) is 11.8 Å². The highest BCUT2D eigenvalue weighted by atomic mass is 32.2. The van der Waals surface area contributed by atoms with E-state index in [1.807, 2.05) is 48.1 Å². The van der Waals surface area contributed by atoms with Crippen molar-refractivity contribution in [3.8, 4) is 0 Å². The largest absolute Gasteiger partial charge is 0.339 e. The molecule has 0 N–H and O–H groups in total. The van der Waals surface area contributed by atoms with E-state index in [4.69, 9.17) is 0 Å². The highest BCUT2D eigenvalue weighted by molar-refractivity contribution is 7.98. The van der Waals surface area contributed by atoms with Crippen LogP contribution in [0.3, 0.4) is 0 Å². The third-order valence-corrected chi connectivity index (χ3v) is 7.82. The molecular weight excluding hydrogens is 436 g/mol. The minimum Gasteiger partial charge on any atom is -0.339 e. The molecule has 2 aliphatic rings. The van der Waals surface area contributed by atoms with Crippen molar-refractivity contribution < 1.29 is 9.59 Å². The average molecular weight is 465 g/mol. The number of amides is 2. The predicted molar refractivity (Wildman–Crippen MR) is 127 cm³/mol. The summed E-state index contributed by atoms with van der Waals surface area (Å²) < 4.78 is 1.75. The number of carbonyl (C=O) groups is 2. The van der Waals surface area contributed by atoms with Crippen molar-refractivity contribution in [1.29, 1.82) is 0 Å². The van der Waals surface area contributed by atoms with Gasteiger partial charge in [-0.05, 0) is 56.9 Å². The van der Waals surface area contributed by atoms with Gasteiger partial charge in [-0.15, -0.1) is 11.8 Å². The van der Waals surface area contributed by atoms with Crippen molar-refractivity contribution in [1.82, 2.24) is 29.4 Å². The minimum absolute atomic E-state index is 0.0189. The summed E-state index contributed by atoms with van der Waals surface area (Å²) in [7, 11) is 0. The lowest BCUT2D eigenvalue weighted by Gasteiger charge is -2.39. The zero-order valence-electron chi connectivity index (χ0n) is 19.2. The van der Waals surface area contributed by atoms with E-state index in [9.17, 15) is 9.59 Å². The quantitative estimate of drug-likeness (QED) is 0.554. The molecule has 0 radical (unpaired) electrons. The van der Waals surface area contributed by atoms with Gasteiger partial charge in [-0.1, -0.05) is 0 Å². The molecule has 0 bridgehead atoms. The number of carbonyl (C=O) groups excluding carboxylic acids is 2. The van der Waals surface area contributed by atoms with Gasteiger partial charge in [0.1, 0.15) is 5.03 Å². The zero-order valence-corrected chi connectivity index (χ0v) is 20.1. The number of aryl methyl sites for hydroxylation is 2. The van der Waals surface area contributed by atoms with Gasteiger partial charge in [0.15, 0.2) is 5.65 Å². The summed E-state index contributed by atoms with van der Waals surface area (Å²) >= 11 is 1.50. The van der Waals surface area contributed by atoms with E-state index >= 15 is 0 Å². The number of likely N-dealkylation sites (tertiary alicyclic amines) is 2. The molecule has 2 aliphatic heterocycles. The highest BCUT2D eigenvalue weighted by Gasteiger charge is 2.43. The Balaban J connectivity index is 1.26. The number of piperidine rings is 1. The van der Waals surface area contributed by atoms with Crippen LogP contribution < -0.4 is 0 Å². The van der Waals surface area contributed by atoms with E-state index < -0.39 is 0 Å². The molecule has 5 heterocycles. The van der Waals surface area contributed by atoms with Crippen molar-refractivity contribution in [3.63, 3.8) is 0 Å². The third-order valence-electron chi connectivity index (χ3n) is 7.11. The molecule has 1 spiro atoms. The molecule has 5 rings (SSSR count). The first kappa shape index (κ1) is 21.9. The topological polar surface area (TPSA) is 83.7 Å². The molecule has 0 aromatic carbocycles. The van der Waals surface area contributed by atoms with Crippen LogP contribution in [0.4, 0.5) is 0 Å². The maximum Gasteiger partial charge on any atom is 0.257 e. The van der Waals surface area contributed by atoms with Crippen molar-refractivity contribution in [2.75, 3.05) is 32.4 Å². The van der Waals surface area contributed by atoms with Crippen LogP contribution in [0.15, 0.2) is 35.6 Å². The minimum atomic E-state index is 0.0189. The van der Waals surface area contributed by atoms with Crippen LogP contribution in [0.1, 0.15) is 51.4 Å². The molecule has 172 valence electrons. The molecule has 33 heavy (non-hydrogen) atoms. The van der Waals surface area contributed by atoms with Crippen LogP contribution in [-0.2, 0) is 0 Å². The van der Waals surface area contributed by atoms with Crippen LogP contribution >= 0.6 is 11.8 Å². The number of pyridine rings is 1. The van der Waals surface area contributed by atoms with Crippen LogP contribution in [0, 0.1) is 19.3 Å². The van der Waals surface area contributed by atoms with E-state index in [1.165, 1.54) is 11.8 Å². The average Bonchev–Trinajstić information content (AvgIpc) is 3.42. The van der Waals surface area contributed by atoms with Gasteiger partial charge in [0.05, 0.1) is 22.5 Å². The Morgan fingerprint density at radius 1 is 1.00 bits per heavy atom. The van der Waals surface area contributed by atoms with Crippen LogP contribution in [-0.4, -0.2) is 73.6 Å². The summed E-state index contributed by atoms with van der Waals surface area (Å²) in [5.74, 6) is 0.0724. The fourth-order valence-corrected chi connectivity index (χ4v) is 5.67. The second-order valence-corrected chi connectivity index (χ2v) is 9.94. The Kier molecular flexibility index (Phi) is 5.60. The fourth-order valence-electron chi connectivity index (χ4n) is 5.13. The fraction of sp³-hybridized carbons (Fsp3) is 0.458. The first-order valence-electron chi connectivity index (χ1n) is 11.3. The van der Waals surface area contributed by atoms with E-state index in [1.54, 1.807) is 16.9 Å². The van der Waals surface area contributed by atoms with Crippen LogP contribution in [0.25, 0.3) is 5.65 Å². The highest BCUT2D eigenvalue weighted by Crippen LogP contribution is 2.41. The summed E-state index contributed by atoms with van der Waals surface area (Å²) in [4.78, 5) is 39.1. The summed E-state index contributed by atoms with van der Waals surface area (Å²) in [5.41, 5.74) is 3.83. The Bertz CT molecular complexity index is 1230. The maximum absolute atomic E-state index is 13.3. The number of aromatic nitrogens is 4. The maximum atomic E-state index is 13.3. The van der Waals surface area contributed by atoms with Gasteiger partial charge in [-0.3, -0.25) is 9.59 Å². The summed E-state index contributed by atoms with van der Waals surface area (Å²) in [6.45, 7) is 6.73. The lowest BCUT2D eigenvalue weighted by atomic mass is 9.77. The molecule has 3 aromatic heterocycles. The zero-order chi connectivity index (χ0) is 23.2. The first-order chi connectivity index (χ1) is 15.9. The van der Waals surface area contributed by atoms with Crippen molar-refractivity contribution in [3.05, 3.63) is 53.1 Å². The molecule has 2 saturated heterocycles. The molecule has 0 saturated carbocycles. The van der Waals surface area contributed by atoms with Crippen LogP contribution in [0.5, 0.6) is 0 Å². The molecule has 8 nitrogen and oxygen atoms in total. The monoisotopic (exact) mass is 464 g/mol. The molecule has 0 aliphatic carbocycles. The summed E-state index contributed by atoms with van der Waals surface area (Å²) in [6, 6.07) is 5.59. The van der Waals surface area contributed by atoms with E-state index in [2.05, 4.69) is 15.1 Å². The summed E-state index contributed by atoms with van der Waals surface area (Å²) in [5, 5.41) is 5.24. The van der Waals surface area contributed by atoms with Crippen LogP contribution in [0.2, 0.25) is 0 Å². The van der Waals surface area contributed by atoms with Gasteiger partial charge < -0.3 is 9.80 Å². The lowest BCUT2D eigenvalue weighted by molar-refractivity contribution is 0.0561. The summed E-state index contributed by atoms with van der Waals surface area (Å²) in [6.07, 6.45) is 8.13. The molecule has 2 fully saturated rings. The van der Waals surface area contributed by atoms with Crippen molar-refractivity contribution in [2.24, 2.45) is 5.41 Å². The molecule has 2 amide bonds. The Hall–Kier alpha value is -2.94. The number of nitrogens with zero attached hydrogens (tertiary/aromatic N) is 6.